The summed E-state index contributed by atoms with van der Waals surface area (Å²) in [5.41, 5.74) is 0.726. The molecular weight excluding hydrogens is 302 g/mol. The first-order chi connectivity index (χ1) is 11.7. The summed E-state index contributed by atoms with van der Waals surface area (Å²) in [5, 5.41) is 9.24. The summed E-state index contributed by atoms with van der Waals surface area (Å²) >= 11 is 0. The van der Waals surface area contributed by atoms with Crippen LogP contribution in [-0.2, 0) is 4.79 Å². The van der Waals surface area contributed by atoms with Gasteiger partial charge in [-0.25, -0.2) is 0 Å². The zero-order valence-electron chi connectivity index (χ0n) is 14.2. The quantitative estimate of drug-likeness (QED) is 0.884. The highest BCUT2D eigenvalue weighted by Gasteiger charge is 2.39. The number of carboxylic acid groups (broad SMARTS) is 1. The molecule has 0 radical (unpaired) electrons. The van der Waals surface area contributed by atoms with Crippen molar-refractivity contribution in [2.75, 3.05) is 0 Å². The Morgan fingerprint density at radius 2 is 1.67 bits per heavy atom. The lowest BCUT2D eigenvalue weighted by molar-refractivity contribution is -0.138. The fourth-order valence-corrected chi connectivity index (χ4v) is 4.52. The van der Waals surface area contributed by atoms with Crippen molar-refractivity contribution in [2.45, 2.75) is 69.9 Å². The Kier molecular flexibility index (Phi) is 5.54. The monoisotopic (exact) mass is 329 g/mol. The maximum absolute atomic E-state index is 13.2. The Hall–Kier alpha value is -1.84. The van der Waals surface area contributed by atoms with Gasteiger partial charge in [0.15, 0.2) is 0 Å². The standard InChI is InChI=1S/C20H27NO3/c22-19(23)14-16-10-7-13-18(16)21(17-11-5-2-6-12-17)20(24)15-8-3-1-4-9-15/h1,3-4,8-9,16-18H,2,5-7,10-14H2,(H,22,23)/t16-,18+/m1/s1. The first kappa shape index (κ1) is 17.0. The van der Waals surface area contributed by atoms with Crippen molar-refractivity contribution in [2.24, 2.45) is 5.92 Å². The van der Waals surface area contributed by atoms with E-state index in [1.807, 2.05) is 30.3 Å². The molecular formula is C20H27NO3. The largest absolute Gasteiger partial charge is 0.481 e. The minimum absolute atomic E-state index is 0.0805. The van der Waals surface area contributed by atoms with Crippen LogP contribution in [0, 0.1) is 5.92 Å². The molecule has 4 heteroatoms. The average Bonchev–Trinajstić information content (AvgIpc) is 3.04. The van der Waals surface area contributed by atoms with E-state index in [9.17, 15) is 14.7 Å². The smallest absolute Gasteiger partial charge is 0.303 e. The molecule has 4 nitrogen and oxygen atoms in total. The number of carbonyl (C=O) groups is 2. The van der Waals surface area contributed by atoms with E-state index in [1.165, 1.54) is 19.3 Å². The van der Waals surface area contributed by atoms with Crippen molar-refractivity contribution < 1.29 is 14.7 Å². The molecule has 0 bridgehead atoms. The van der Waals surface area contributed by atoms with Crippen LogP contribution in [0.5, 0.6) is 0 Å². The molecule has 0 unspecified atom stereocenters. The summed E-state index contributed by atoms with van der Waals surface area (Å²) in [6, 6.07) is 9.82. The Balaban J connectivity index is 1.86. The van der Waals surface area contributed by atoms with E-state index < -0.39 is 5.97 Å². The van der Waals surface area contributed by atoms with Gasteiger partial charge < -0.3 is 10.0 Å². The summed E-state index contributed by atoms with van der Waals surface area (Å²) < 4.78 is 0. The molecule has 24 heavy (non-hydrogen) atoms. The van der Waals surface area contributed by atoms with Crippen molar-refractivity contribution in [3.8, 4) is 0 Å². The second-order valence-electron chi connectivity index (χ2n) is 7.23. The molecule has 1 aromatic rings. The van der Waals surface area contributed by atoms with Crippen molar-refractivity contribution >= 4 is 11.9 Å². The highest BCUT2D eigenvalue weighted by Crippen LogP contribution is 2.37. The van der Waals surface area contributed by atoms with Gasteiger partial charge in [-0.1, -0.05) is 43.9 Å². The number of carbonyl (C=O) groups excluding carboxylic acids is 1. The lowest BCUT2D eigenvalue weighted by Crippen LogP contribution is -2.49. The number of nitrogens with zero attached hydrogens (tertiary/aromatic N) is 1. The normalized spacial score (nSPS) is 24.7. The van der Waals surface area contributed by atoms with E-state index in [0.717, 1.165) is 37.7 Å². The molecule has 0 heterocycles. The summed E-state index contributed by atoms with van der Waals surface area (Å²) in [7, 11) is 0. The van der Waals surface area contributed by atoms with E-state index in [-0.39, 0.29) is 30.3 Å². The predicted molar refractivity (Wildman–Crippen MR) is 92.9 cm³/mol. The van der Waals surface area contributed by atoms with Crippen LogP contribution >= 0.6 is 0 Å². The van der Waals surface area contributed by atoms with Gasteiger partial charge in [0, 0.05) is 17.6 Å². The van der Waals surface area contributed by atoms with Crippen LogP contribution in [0.25, 0.3) is 0 Å². The van der Waals surface area contributed by atoms with Gasteiger partial charge in [0.2, 0.25) is 0 Å². The van der Waals surface area contributed by atoms with Gasteiger partial charge >= 0.3 is 5.97 Å². The van der Waals surface area contributed by atoms with E-state index in [0.29, 0.717) is 0 Å². The van der Waals surface area contributed by atoms with Crippen LogP contribution in [0.4, 0.5) is 0 Å². The van der Waals surface area contributed by atoms with Crippen molar-refractivity contribution in [3.05, 3.63) is 35.9 Å². The molecule has 2 atom stereocenters. The van der Waals surface area contributed by atoms with Crippen LogP contribution < -0.4 is 0 Å². The van der Waals surface area contributed by atoms with Gasteiger partial charge in [-0.15, -0.1) is 0 Å². The number of rotatable bonds is 5. The third-order valence-corrected chi connectivity index (χ3v) is 5.64. The molecule has 0 spiro atoms. The number of aliphatic carboxylic acids is 1. The minimum atomic E-state index is -0.748. The van der Waals surface area contributed by atoms with Gasteiger partial charge in [-0.2, -0.15) is 0 Å². The molecule has 1 aromatic carbocycles. The average molecular weight is 329 g/mol. The van der Waals surface area contributed by atoms with Crippen molar-refractivity contribution in [1.29, 1.82) is 0 Å². The van der Waals surface area contributed by atoms with Gasteiger partial charge in [0.05, 0.1) is 6.42 Å². The highest BCUT2D eigenvalue weighted by atomic mass is 16.4. The maximum Gasteiger partial charge on any atom is 0.303 e. The summed E-state index contributed by atoms with van der Waals surface area (Å²) in [5.74, 6) is -0.565. The molecule has 0 saturated heterocycles. The van der Waals surface area contributed by atoms with Gasteiger partial charge in [0.25, 0.3) is 5.91 Å². The Bertz CT molecular complexity index is 566. The number of amides is 1. The van der Waals surface area contributed by atoms with E-state index >= 15 is 0 Å². The zero-order valence-corrected chi connectivity index (χ0v) is 14.2. The topological polar surface area (TPSA) is 57.6 Å². The highest BCUT2D eigenvalue weighted by molar-refractivity contribution is 5.94. The van der Waals surface area contributed by atoms with Crippen LogP contribution in [0.2, 0.25) is 0 Å². The fourth-order valence-electron chi connectivity index (χ4n) is 4.52. The summed E-state index contributed by atoms with van der Waals surface area (Å²) in [4.78, 5) is 26.6. The second-order valence-corrected chi connectivity index (χ2v) is 7.23. The van der Waals surface area contributed by atoms with Gasteiger partial charge in [-0.05, 0) is 43.7 Å². The molecule has 130 valence electrons. The minimum Gasteiger partial charge on any atom is -0.481 e. The van der Waals surface area contributed by atoms with Crippen LogP contribution in [0.15, 0.2) is 30.3 Å². The van der Waals surface area contributed by atoms with Crippen molar-refractivity contribution in [1.82, 2.24) is 4.90 Å². The summed E-state index contributed by atoms with van der Waals surface area (Å²) in [6.07, 6.45) is 8.73. The molecule has 2 saturated carbocycles. The van der Waals surface area contributed by atoms with E-state index in [2.05, 4.69) is 4.90 Å². The Labute approximate surface area is 143 Å². The van der Waals surface area contributed by atoms with Crippen molar-refractivity contribution in [3.63, 3.8) is 0 Å². The lowest BCUT2D eigenvalue weighted by atomic mass is 9.89. The third kappa shape index (κ3) is 3.80. The maximum atomic E-state index is 13.2. The lowest BCUT2D eigenvalue weighted by Gasteiger charge is -2.41. The van der Waals surface area contributed by atoms with E-state index in [4.69, 9.17) is 0 Å². The first-order valence-electron chi connectivity index (χ1n) is 9.26. The number of hydrogen-bond acceptors (Lipinski definition) is 2. The number of benzene rings is 1. The molecule has 3 rings (SSSR count). The van der Waals surface area contributed by atoms with Crippen LogP contribution in [0.3, 0.4) is 0 Å². The van der Waals surface area contributed by atoms with Gasteiger partial charge in [-0.3, -0.25) is 9.59 Å². The molecule has 0 aromatic heterocycles. The zero-order chi connectivity index (χ0) is 16.9. The third-order valence-electron chi connectivity index (χ3n) is 5.64. The second kappa shape index (κ2) is 7.82. The molecule has 2 fully saturated rings. The Morgan fingerprint density at radius 1 is 0.958 bits per heavy atom. The van der Waals surface area contributed by atoms with Crippen LogP contribution in [0.1, 0.15) is 68.1 Å². The molecule has 0 aliphatic heterocycles. The molecule has 1 N–H and O–H groups in total. The van der Waals surface area contributed by atoms with Crippen LogP contribution in [-0.4, -0.2) is 34.0 Å². The molecule has 1 amide bonds. The number of hydrogen-bond donors (Lipinski definition) is 1. The SMILES string of the molecule is O=C(O)C[C@H]1CCC[C@@H]1N(C(=O)c1ccccc1)C1CCCCC1. The van der Waals surface area contributed by atoms with Gasteiger partial charge in [0.1, 0.15) is 0 Å². The molecule has 2 aliphatic rings. The Morgan fingerprint density at radius 3 is 2.33 bits per heavy atom. The first-order valence-corrected chi connectivity index (χ1v) is 9.26. The number of carboxylic acids is 1. The molecule has 2 aliphatic carbocycles. The fraction of sp³-hybridized carbons (Fsp3) is 0.600. The summed E-state index contributed by atoms with van der Waals surface area (Å²) in [6.45, 7) is 0. The predicted octanol–water partition coefficient (Wildman–Crippen LogP) is 4.10. The van der Waals surface area contributed by atoms with E-state index in [1.54, 1.807) is 0 Å².